The minimum absolute atomic E-state index is 0.0153. The molecule has 2 aliphatic rings. The molecule has 136 valence electrons. The molecule has 3 N–H and O–H groups in total. The van der Waals surface area contributed by atoms with Gasteiger partial charge in [-0.1, -0.05) is 0 Å². The van der Waals surface area contributed by atoms with Crippen LogP contribution in [0.4, 0.5) is 10.1 Å². The van der Waals surface area contributed by atoms with Crippen molar-refractivity contribution < 1.29 is 28.2 Å². The summed E-state index contributed by atoms with van der Waals surface area (Å²) in [6, 6.07) is 3.62. The average Bonchev–Trinajstić information content (AvgIpc) is 2.80. The largest absolute Gasteiger partial charge is 0.462 e. The van der Waals surface area contributed by atoms with Crippen LogP contribution in [0, 0.1) is 5.82 Å². The summed E-state index contributed by atoms with van der Waals surface area (Å²) in [6.45, 7) is 4.29. The predicted octanol–water partition coefficient (Wildman–Crippen LogP) is 1.64. The molecule has 0 saturated carbocycles. The monoisotopic (exact) mass is 360 g/mol. The van der Waals surface area contributed by atoms with Crippen molar-refractivity contribution in [3.05, 3.63) is 52.4 Å². The first kappa shape index (κ1) is 17.7. The number of carbonyl (C=O) groups is 3. The molecule has 26 heavy (non-hydrogen) atoms. The first-order chi connectivity index (χ1) is 12.2. The summed E-state index contributed by atoms with van der Waals surface area (Å²) >= 11 is 0. The van der Waals surface area contributed by atoms with Gasteiger partial charge in [-0.15, -0.1) is 0 Å². The lowest BCUT2D eigenvalue weighted by Gasteiger charge is -2.35. The lowest BCUT2D eigenvalue weighted by molar-refractivity contribution is -0.141. The number of rotatable bonds is 3. The molecule has 0 saturated heterocycles. The van der Waals surface area contributed by atoms with Crippen LogP contribution in [-0.2, 0) is 29.3 Å². The van der Waals surface area contributed by atoms with Crippen molar-refractivity contribution in [1.82, 2.24) is 0 Å². The lowest BCUT2D eigenvalue weighted by Crippen LogP contribution is -2.48. The van der Waals surface area contributed by atoms with Crippen molar-refractivity contribution in [3.63, 3.8) is 0 Å². The molecule has 2 aliphatic heterocycles. The predicted molar refractivity (Wildman–Crippen MR) is 89.0 cm³/mol. The van der Waals surface area contributed by atoms with Crippen LogP contribution in [0.5, 0.6) is 0 Å². The van der Waals surface area contributed by atoms with E-state index >= 15 is 0 Å². The Bertz CT molecular complexity index is 918. The molecular formula is C18H17FN2O5. The van der Waals surface area contributed by atoms with E-state index in [0.29, 0.717) is 0 Å². The summed E-state index contributed by atoms with van der Waals surface area (Å²) in [5, 5.41) is 2.59. The number of carbonyl (C=O) groups excluding carboxylic acids is 3. The second kappa shape index (κ2) is 5.98. The van der Waals surface area contributed by atoms with Crippen LogP contribution in [0.2, 0.25) is 0 Å². The fourth-order valence-corrected chi connectivity index (χ4v) is 3.58. The molecule has 1 aromatic carbocycles. The summed E-state index contributed by atoms with van der Waals surface area (Å²) in [5.74, 6) is -3.05. The van der Waals surface area contributed by atoms with Gasteiger partial charge >= 0.3 is 5.97 Å². The summed E-state index contributed by atoms with van der Waals surface area (Å²) in [4.78, 5) is 38.1. The van der Waals surface area contributed by atoms with Crippen molar-refractivity contribution in [2.75, 3.05) is 11.9 Å². The normalized spacial score (nSPS) is 21.5. The number of nitrogens with two attached hydrogens (primary N) is 1. The van der Waals surface area contributed by atoms with Gasteiger partial charge in [-0.2, -0.15) is 0 Å². The highest BCUT2D eigenvalue weighted by Gasteiger charge is 2.60. The maximum absolute atomic E-state index is 14.0. The Morgan fingerprint density at radius 3 is 2.65 bits per heavy atom. The Kier molecular flexibility index (Phi) is 4.06. The van der Waals surface area contributed by atoms with Crippen molar-refractivity contribution in [2.24, 2.45) is 5.73 Å². The van der Waals surface area contributed by atoms with Gasteiger partial charge < -0.3 is 20.5 Å². The lowest BCUT2D eigenvalue weighted by atomic mass is 9.66. The quantitative estimate of drug-likeness (QED) is 0.794. The van der Waals surface area contributed by atoms with E-state index < -0.39 is 28.9 Å². The summed E-state index contributed by atoms with van der Waals surface area (Å²) in [5.41, 5.74) is 3.95. The molecule has 1 unspecified atom stereocenters. The van der Waals surface area contributed by atoms with Crippen molar-refractivity contribution in [3.8, 4) is 0 Å². The third-order valence-corrected chi connectivity index (χ3v) is 4.42. The zero-order valence-corrected chi connectivity index (χ0v) is 14.4. The molecule has 1 spiro atoms. The standard InChI is InChI=1S/C18H17FN2O5/c1-4-25-16(23)14-15(20)26-9(3)13(8(2)22)18(14)11-7-10(19)5-6-12(11)21-17(18)24/h5-7H,4,20H2,1-3H3,(H,21,24). The highest BCUT2D eigenvalue weighted by atomic mass is 19.1. The number of hydrogen-bond donors (Lipinski definition) is 2. The number of ether oxygens (including phenoxy) is 2. The summed E-state index contributed by atoms with van der Waals surface area (Å²) < 4.78 is 24.4. The summed E-state index contributed by atoms with van der Waals surface area (Å²) in [7, 11) is 0. The van der Waals surface area contributed by atoms with Crippen LogP contribution in [-0.4, -0.2) is 24.3 Å². The zero-order valence-electron chi connectivity index (χ0n) is 14.4. The Morgan fingerprint density at radius 1 is 1.35 bits per heavy atom. The number of benzene rings is 1. The van der Waals surface area contributed by atoms with Crippen LogP contribution in [0.15, 0.2) is 41.0 Å². The van der Waals surface area contributed by atoms with Gasteiger partial charge in [0, 0.05) is 11.3 Å². The van der Waals surface area contributed by atoms with Gasteiger partial charge in [0.1, 0.15) is 22.6 Å². The number of nitrogens with one attached hydrogen (secondary N) is 1. The topological polar surface area (TPSA) is 108 Å². The van der Waals surface area contributed by atoms with Gasteiger partial charge in [-0.3, -0.25) is 9.59 Å². The third-order valence-electron chi connectivity index (χ3n) is 4.42. The fraction of sp³-hybridized carbons (Fsp3) is 0.278. The highest BCUT2D eigenvalue weighted by Crippen LogP contribution is 2.52. The SMILES string of the molecule is CCOC(=O)C1=C(N)OC(C)=C(C(C)=O)C12C(=O)Nc1ccc(F)cc12. The number of allylic oxidation sites excluding steroid dienone is 1. The molecule has 8 heteroatoms. The fourth-order valence-electron chi connectivity index (χ4n) is 3.58. The second-order valence-corrected chi connectivity index (χ2v) is 5.94. The number of fused-ring (bicyclic) bond motifs is 2. The number of ketones is 1. The van der Waals surface area contributed by atoms with Crippen LogP contribution in [0.25, 0.3) is 0 Å². The van der Waals surface area contributed by atoms with E-state index in [0.717, 1.165) is 6.07 Å². The minimum Gasteiger partial charge on any atom is -0.462 e. The Labute approximate surface area is 148 Å². The average molecular weight is 360 g/mol. The van der Waals surface area contributed by atoms with Gasteiger partial charge in [0.05, 0.1) is 12.2 Å². The van der Waals surface area contributed by atoms with Gasteiger partial charge in [0.25, 0.3) is 0 Å². The van der Waals surface area contributed by atoms with E-state index in [4.69, 9.17) is 15.2 Å². The van der Waals surface area contributed by atoms with E-state index in [-0.39, 0.29) is 40.6 Å². The van der Waals surface area contributed by atoms with Crippen LogP contribution < -0.4 is 11.1 Å². The van der Waals surface area contributed by atoms with Crippen LogP contribution >= 0.6 is 0 Å². The van der Waals surface area contributed by atoms with E-state index in [1.165, 1.54) is 26.0 Å². The maximum atomic E-state index is 14.0. The smallest absolute Gasteiger partial charge is 0.341 e. The van der Waals surface area contributed by atoms with Gasteiger partial charge in [-0.05, 0) is 39.0 Å². The van der Waals surface area contributed by atoms with Gasteiger partial charge in [0.2, 0.25) is 11.8 Å². The van der Waals surface area contributed by atoms with Crippen molar-refractivity contribution in [1.29, 1.82) is 0 Å². The van der Waals surface area contributed by atoms with E-state index in [1.807, 2.05) is 0 Å². The molecule has 1 aromatic rings. The molecule has 0 bridgehead atoms. The number of halogens is 1. The molecule has 2 heterocycles. The highest BCUT2D eigenvalue weighted by molar-refractivity contribution is 6.22. The Morgan fingerprint density at radius 2 is 2.04 bits per heavy atom. The zero-order chi connectivity index (χ0) is 19.2. The summed E-state index contributed by atoms with van der Waals surface area (Å²) in [6.07, 6.45) is 0. The van der Waals surface area contributed by atoms with Crippen molar-refractivity contribution in [2.45, 2.75) is 26.2 Å². The maximum Gasteiger partial charge on any atom is 0.341 e. The van der Waals surface area contributed by atoms with Crippen LogP contribution in [0.3, 0.4) is 0 Å². The number of hydrogen-bond acceptors (Lipinski definition) is 6. The second-order valence-electron chi connectivity index (χ2n) is 5.94. The molecule has 0 fully saturated rings. The molecule has 7 nitrogen and oxygen atoms in total. The Balaban J connectivity index is 2.43. The molecule has 3 rings (SSSR count). The van der Waals surface area contributed by atoms with E-state index in [9.17, 15) is 18.8 Å². The molecular weight excluding hydrogens is 343 g/mol. The number of anilines is 1. The van der Waals surface area contributed by atoms with Gasteiger partial charge in [-0.25, -0.2) is 9.18 Å². The first-order valence-electron chi connectivity index (χ1n) is 7.94. The number of amides is 1. The molecule has 0 aliphatic carbocycles. The molecule has 1 atom stereocenters. The van der Waals surface area contributed by atoms with E-state index in [2.05, 4.69) is 5.32 Å². The third kappa shape index (κ3) is 2.22. The Hall–Kier alpha value is -3.16. The number of Topliss-reactive ketones (excluding diaryl/α,β-unsaturated/α-hetero) is 1. The van der Waals surface area contributed by atoms with E-state index in [1.54, 1.807) is 6.92 Å². The number of esters is 1. The minimum atomic E-state index is -1.93. The van der Waals surface area contributed by atoms with Crippen LogP contribution in [0.1, 0.15) is 26.3 Å². The molecule has 0 aromatic heterocycles. The molecule has 0 radical (unpaired) electrons. The first-order valence-corrected chi connectivity index (χ1v) is 7.94. The van der Waals surface area contributed by atoms with Crippen molar-refractivity contribution >= 4 is 23.3 Å². The van der Waals surface area contributed by atoms with Gasteiger partial charge in [0.15, 0.2) is 5.78 Å². The molecule has 1 amide bonds.